The van der Waals surface area contributed by atoms with Crippen LogP contribution in [0.25, 0.3) is 10.2 Å². The maximum Gasteiger partial charge on any atom is 0.115 e. The zero-order chi connectivity index (χ0) is 14.1. The van der Waals surface area contributed by atoms with Crippen LogP contribution in [0.3, 0.4) is 0 Å². The molecule has 2 aromatic carbocycles. The fourth-order valence-corrected chi connectivity index (χ4v) is 3.00. The second-order valence-corrected chi connectivity index (χ2v) is 5.87. The molecule has 0 saturated heterocycles. The minimum Gasteiger partial charge on any atom is -0.508 e. The molecule has 20 heavy (non-hydrogen) atoms. The van der Waals surface area contributed by atoms with E-state index in [1.54, 1.807) is 23.5 Å². The van der Waals surface area contributed by atoms with E-state index < -0.39 is 0 Å². The highest BCUT2D eigenvalue weighted by Gasteiger charge is 2.12. The number of thiazole rings is 1. The molecule has 1 aromatic heterocycles. The first-order chi connectivity index (χ1) is 9.65. The Morgan fingerprint density at radius 1 is 1.20 bits per heavy atom. The number of aromatic nitrogens is 1. The topological polar surface area (TPSA) is 45.2 Å². The van der Waals surface area contributed by atoms with Gasteiger partial charge in [0.1, 0.15) is 11.3 Å². The number of benzene rings is 2. The molecule has 102 valence electrons. The monoisotopic (exact) mass is 304 g/mol. The Hall–Kier alpha value is -1.78. The van der Waals surface area contributed by atoms with E-state index >= 15 is 0 Å². The van der Waals surface area contributed by atoms with E-state index in [1.807, 2.05) is 36.7 Å². The average Bonchev–Trinajstić information content (AvgIpc) is 2.91. The van der Waals surface area contributed by atoms with Gasteiger partial charge in [-0.3, -0.25) is 0 Å². The largest absolute Gasteiger partial charge is 0.508 e. The van der Waals surface area contributed by atoms with Crippen LogP contribution in [-0.2, 0) is 0 Å². The predicted molar refractivity (Wildman–Crippen MR) is 84.8 cm³/mol. The molecule has 0 fully saturated rings. The Bertz CT molecular complexity index is 739. The van der Waals surface area contributed by atoms with Crippen LogP contribution in [0.2, 0.25) is 5.02 Å². The van der Waals surface area contributed by atoms with E-state index in [9.17, 15) is 5.11 Å². The van der Waals surface area contributed by atoms with E-state index in [-0.39, 0.29) is 11.8 Å². The SMILES string of the molecule is CC(Nc1c(Cl)ccc2scnc12)c1ccc(O)cc1. The lowest BCUT2D eigenvalue weighted by molar-refractivity contribution is 0.475. The summed E-state index contributed by atoms with van der Waals surface area (Å²) in [6.07, 6.45) is 0. The molecule has 1 heterocycles. The molecule has 0 radical (unpaired) electrons. The Balaban J connectivity index is 1.94. The molecule has 0 bridgehead atoms. The number of hydrogen-bond acceptors (Lipinski definition) is 4. The van der Waals surface area contributed by atoms with Crippen molar-refractivity contribution in [1.82, 2.24) is 4.98 Å². The van der Waals surface area contributed by atoms with Gasteiger partial charge in [0, 0.05) is 6.04 Å². The van der Waals surface area contributed by atoms with Gasteiger partial charge in [-0.1, -0.05) is 23.7 Å². The van der Waals surface area contributed by atoms with Crippen LogP contribution < -0.4 is 5.32 Å². The first-order valence-electron chi connectivity index (χ1n) is 6.22. The Morgan fingerprint density at radius 3 is 2.70 bits per heavy atom. The minimum atomic E-state index is 0.0698. The lowest BCUT2D eigenvalue weighted by atomic mass is 10.1. The van der Waals surface area contributed by atoms with E-state index in [0.29, 0.717) is 5.02 Å². The zero-order valence-corrected chi connectivity index (χ0v) is 12.4. The van der Waals surface area contributed by atoms with Crippen molar-refractivity contribution in [1.29, 1.82) is 0 Å². The van der Waals surface area contributed by atoms with Crippen molar-refractivity contribution in [2.75, 3.05) is 5.32 Å². The van der Waals surface area contributed by atoms with Gasteiger partial charge in [0.15, 0.2) is 0 Å². The van der Waals surface area contributed by atoms with Crippen LogP contribution >= 0.6 is 22.9 Å². The van der Waals surface area contributed by atoms with Crippen molar-refractivity contribution in [3.05, 3.63) is 52.5 Å². The summed E-state index contributed by atoms with van der Waals surface area (Å²) in [7, 11) is 0. The molecular formula is C15H13ClN2OS. The molecule has 0 aliphatic rings. The number of phenols is 1. The molecule has 0 amide bonds. The molecule has 0 aliphatic carbocycles. The first-order valence-corrected chi connectivity index (χ1v) is 7.48. The molecule has 5 heteroatoms. The van der Waals surface area contributed by atoms with Crippen molar-refractivity contribution in [2.24, 2.45) is 0 Å². The van der Waals surface area contributed by atoms with E-state index in [0.717, 1.165) is 21.5 Å². The lowest BCUT2D eigenvalue weighted by Gasteiger charge is -2.17. The number of nitrogens with one attached hydrogen (secondary N) is 1. The summed E-state index contributed by atoms with van der Waals surface area (Å²) in [5.74, 6) is 0.264. The van der Waals surface area contributed by atoms with Gasteiger partial charge in [-0.15, -0.1) is 11.3 Å². The summed E-state index contributed by atoms with van der Waals surface area (Å²) in [5.41, 5.74) is 4.64. The highest BCUT2D eigenvalue weighted by Crippen LogP contribution is 2.34. The number of nitrogens with zero attached hydrogens (tertiary/aromatic N) is 1. The number of phenolic OH excluding ortho intramolecular Hbond substituents is 1. The highest BCUT2D eigenvalue weighted by molar-refractivity contribution is 7.16. The van der Waals surface area contributed by atoms with Crippen molar-refractivity contribution in [2.45, 2.75) is 13.0 Å². The van der Waals surface area contributed by atoms with E-state index in [1.165, 1.54) is 0 Å². The van der Waals surface area contributed by atoms with Gasteiger partial charge in [-0.25, -0.2) is 4.98 Å². The van der Waals surface area contributed by atoms with Crippen molar-refractivity contribution in [3.8, 4) is 5.75 Å². The molecule has 3 nitrogen and oxygen atoms in total. The van der Waals surface area contributed by atoms with Crippen LogP contribution in [0.4, 0.5) is 5.69 Å². The van der Waals surface area contributed by atoms with Gasteiger partial charge in [-0.2, -0.15) is 0 Å². The summed E-state index contributed by atoms with van der Waals surface area (Å²) in [5, 5.41) is 13.4. The summed E-state index contributed by atoms with van der Waals surface area (Å²) in [6.45, 7) is 2.05. The molecule has 0 aliphatic heterocycles. The molecule has 0 saturated carbocycles. The smallest absolute Gasteiger partial charge is 0.115 e. The molecule has 3 aromatic rings. The summed E-state index contributed by atoms with van der Waals surface area (Å²) in [6, 6.07) is 11.1. The van der Waals surface area contributed by atoms with Crippen LogP contribution in [0, 0.1) is 0 Å². The summed E-state index contributed by atoms with van der Waals surface area (Å²) < 4.78 is 1.11. The maximum absolute atomic E-state index is 9.34. The number of hydrogen-bond donors (Lipinski definition) is 2. The molecule has 1 atom stereocenters. The number of halogens is 1. The van der Waals surface area contributed by atoms with E-state index in [4.69, 9.17) is 11.6 Å². The zero-order valence-electron chi connectivity index (χ0n) is 10.8. The number of fused-ring (bicyclic) bond motifs is 1. The summed E-state index contributed by atoms with van der Waals surface area (Å²) in [4.78, 5) is 4.37. The number of anilines is 1. The predicted octanol–water partition coefficient (Wildman–Crippen LogP) is 4.83. The van der Waals surface area contributed by atoms with Crippen LogP contribution in [0.15, 0.2) is 41.9 Å². The van der Waals surface area contributed by atoms with Gasteiger partial charge in [0.25, 0.3) is 0 Å². The van der Waals surface area contributed by atoms with Crippen LogP contribution in [0.5, 0.6) is 5.75 Å². The van der Waals surface area contributed by atoms with E-state index in [2.05, 4.69) is 10.3 Å². The fourth-order valence-electron chi connectivity index (χ4n) is 2.11. The van der Waals surface area contributed by atoms with Gasteiger partial charge in [0.2, 0.25) is 0 Å². The average molecular weight is 305 g/mol. The number of aromatic hydroxyl groups is 1. The van der Waals surface area contributed by atoms with Gasteiger partial charge < -0.3 is 10.4 Å². The molecule has 0 spiro atoms. The Kier molecular flexibility index (Phi) is 3.51. The molecule has 2 N–H and O–H groups in total. The van der Waals surface area contributed by atoms with Crippen molar-refractivity contribution in [3.63, 3.8) is 0 Å². The second-order valence-electron chi connectivity index (χ2n) is 4.58. The lowest BCUT2D eigenvalue weighted by Crippen LogP contribution is -2.07. The molecular weight excluding hydrogens is 292 g/mol. The molecule has 1 unspecified atom stereocenters. The third-order valence-corrected chi connectivity index (χ3v) is 4.31. The van der Waals surface area contributed by atoms with Gasteiger partial charge in [-0.05, 0) is 36.8 Å². The minimum absolute atomic E-state index is 0.0698. The van der Waals surface area contributed by atoms with Gasteiger partial charge in [0.05, 0.1) is 20.9 Å². The standard InChI is InChI=1S/C15H13ClN2OS/c1-9(10-2-4-11(19)5-3-10)18-14-12(16)6-7-13-15(14)17-8-20-13/h2-9,18-19H,1H3. The summed E-state index contributed by atoms with van der Waals surface area (Å²) >= 11 is 7.87. The second kappa shape index (κ2) is 5.31. The third kappa shape index (κ3) is 2.44. The Morgan fingerprint density at radius 2 is 1.95 bits per heavy atom. The van der Waals surface area contributed by atoms with Crippen LogP contribution in [-0.4, -0.2) is 10.1 Å². The first kappa shape index (κ1) is 13.2. The maximum atomic E-state index is 9.34. The third-order valence-electron chi connectivity index (χ3n) is 3.21. The normalized spacial score (nSPS) is 12.5. The van der Waals surface area contributed by atoms with Crippen molar-refractivity contribution < 1.29 is 5.11 Å². The Labute approximate surface area is 125 Å². The number of rotatable bonds is 3. The van der Waals surface area contributed by atoms with Crippen LogP contribution in [0.1, 0.15) is 18.5 Å². The van der Waals surface area contributed by atoms with Crippen molar-refractivity contribution >= 4 is 38.8 Å². The quantitative estimate of drug-likeness (QED) is 0.728. The molecule has 3 rings (SSSR count). The van der Waals surface area contributed by atoms with Gasteiger partial charge >= 0.3 is 0 Å². The highest BCUT2D eigenvalue weighted by atomic mass is 35.5. The fraction of sp³-hybridized carbons (Fsp3) is 0.133.